The van der Waals surface area contributed by atoms with Crippen LogP contribution in [0.25, 0.3) is 0 Å². The van der Waals surface area contributed by atoms with Crippen molar-refractivity contribution in [1.29, 1.82) is 0 Å². The molecule has 190 valence electrons. The van der Waals surface area contributed by atoms with Crippen LogP contribution in [0.15, 0.2) is 0 Å². The lowest BCUT2D eigenvalue weighted by molar-refractivity contribution is -0.190. The first-order valence-corrected chi connectivity index (χ1v) is 12.8. The number of Topliss-reactive ketones (excluding diaryl/α,β-unsaturated/α-hetero) is 1. The smallest absolute Gasteiger partial charge is 0.313 e. The zero-order chi connectivity index (χ0) is 23.3. The molecule has 0 aromatic rings. The number of ketones is 1. The van der Waals surface area contributed by atoms with E-state index in [0.29, 0.717) is 25.0 Å². The molecule has 0 radical (unpaired) electrons. The van der Waals surface area contributed by atoms with Crippen LogP contribution in [0.5, 0.6) is 0 Å². The van der Waals surface area contributed by atoms with Crippen LogP contribution in [0.3, 0.4) is 0 Å². The van der Waals surface area contributed by atoms with Gasteiger partial charge in [0.15, 0.2) is 23.7 Å². The van der Waals surface area contributed by atoms with Crippen molar-refractivity contribution in [2.45, 2.75) is 124 Å². The minimum absolute atomic E-state index is 0. The van der Waals surface area contributed by atoms with Gasteiger partial charge in [0, 0.05) is 0 Å². The van der Waals surface area contributed by atoms with Crippen molar-refractivity contribution in [3.8, 4) is 0 Å². The Labute approximate surface area is 208 Å². The molecule has 0 fully saturated rings. The van der Waals surface area contributed by atoms with Crippen LogP contribution >= 0.6 is 0 Å². The molecule has 0 saturated heterocycles. The van der Waals surface area contributed by atoms with Crippen LogP contribution in [0.2, 0.25) is 0 Å². The summed E-state index contributed by atoms with van der Waals surface area (Å²) in [6, 6.07) is 0. The maximum absolute atomic E-state index is 11.7. The first-order chi connectivity index (χ1) is 14.9. The summed E-state index contributed by atoms with van der Waals surface area (Å²) in [5.74, 6) is 0.169. The Hall–Kier alpha value is -0.408. The molecular formula is C26H53AlO5. The Morgan fingerprint density at radius 2 is 1.12 bits per heavy atom. The van der Waals surface area contributed by atoms with Gasteiger partial charge in [-0.15, -0.1) is 0 Å². The monoisotopic (exact) mass is 472 g/mol. The molecule has 0 bridgehead atoms. The highest BCUT2D eigenvalue weighted by atomic mass is 27.0. The maximum Gasteiger partial charge on any atom is 0.313 e. The molecular weight excluding hydrogens is 419 g/mol. The highest BCUT2D eigenvalue weighted by molar-refractivity contribution is 5.94. The van der Waals surface area contributed by atoms with E-state index in [2.05, 4.69) is 27.7 Å². The van der Waals surface area contributed by atoms with Crippen LogP contribution in [-0.4, -0.2) is 55.2 Å². The summed E-state index contributed by atoms with van der Waals surface area (Å²) in [7, 11) is 0. The number of unbranched alkanes of at least 4 members (excludes halogenated alkanes) is 8. The molecule has 32 heavy (non-hydrogen) atoms. The largest absolute Gasteiger partial charge is 0.460 e. The molecule has 0 aliphatic rings. The van der Waals surface area contributed by atoms with Crippen LogP contribution in [0.4, 0.5) is 0 Å². The Morgan fingerprint density at radius 3 is 1.53 bits per heavy atom. The van der Waals surface area contributed by atoms with E-state index in [1.807, 2.05) is 0 Å². The van der Waals surface area contributed by atoms with Crippen molar-refractivity contribution in [3.63, 3.8) is 0 Å². The first kappa shape index (κ1) is 33.8. The van der Waals surface area contributed by atoms with Crippen LogP contribution < -0.4 is 0 Å². The second-order valence-corrected chi connectivity index (χ2v) is 9.27. The highest BCUT2D eigenvalue weighted by Crippen LogP contribution is 2.15. The second-order valence-electron chi connectivity index (χ2n) is 9.27. The van der Waals surface area contributed by atoms with E-state index in [9.17, 15) is 9.59 Å². The molecule has 0 aliphatic carbocycles. The summed E-state index contributed by atoms with van der Waals surface area (Å²) in [5, 5.41) is 0. The second kappa shape index (κ2) is 23.7. The molecule has 0 heterocycles. The fourth-order valence-electron chi connectivity index (χ4n) is 3.46. The lowest BCUT2D eigenvalue weighted by Crippen LogP contribution is -2.29. The Balaban J connectivity index is 0. The first-order valence-electron chi connectivity index (χ1n) is 12.8. The zero-order valence-corrected chi connectivity index (χ0v) is 21.1. The molecule has 0 amide bonds. The number of hydrogen-bond acceptors (Lipinski definition) is 5. The quantitative estimate of drug-likeness (QED) is 0.0667. The zero-order valence-electron chi connectivity index (χ0n) is 21.1. The van der Waals surface area contributed by atoms with Gasteiger partial charge in [-0.1, -0.05) is 91.9 Å². The maximum atomic E-state index is 11.7. The van der Waals surface area contributed by atoms with Gasteiger partial charge in [-0.3, -0.25) is 9.59 Å². The van der Waals surface area contributed by atoms with Gasteiger partial charge in [0.2, 0.25) is 0 Å². The van der Waals surface area contributed by atoms with Crippen molar-refractivity contribution < 1.29 is 23.8 Å². The minimum atomic E-state index is -0.569. The summed E-state index contributed by atoms with van der Waals surface area (Å²) >= 11 is 0. The van der Waals surface area contributed by atoms with Crippen molar-refractivity contribution in [2.75, 3.05) is 19.8 Å². The van der Waals surface area contributed by atoms with E-state index >= 15 is 0 Å². The molecule has 2 unspecified atom stereocenters. The summed E-state index contributed by atoms with van der Waals surface area (Å²) < 4.78 is 17.1. The number of carbonyl (C=O) groups excluding carboxylic acids is 2. The summed E-state index contributed by atoms with van der Waals surface area (Å²) in [6.45, 7) is 11.5. The van der Waals surface area contributed by atoms with Gasteiger partial charge in [-0.25, -0.2) is 0 Å². The lowest BCUT2D eigenvalue weighted by atomic mass is 10.0. The van der Waals surface area contributed by atoms with E-state index in [1.165, 1.54) is 71.1 Å². The molecule has 0 aliphatic heterocycles. The summed E-state index contributed by atoms with van der Waals surface area (Å²) in [5.41, 5.74) is 0. The van der Waals surface area contributed by atoms with Crippen molar-refractivity contribution in [3.05, 3.63) is 0 Å². The molecule has 0 N–H and O–H groups in total. The third-order valence-electron chi connectivity index (χ3n) is 5.51. The third kappa shape index (κ3) is 22.8. The molecule has 0 aromatic heterocycles. The number of esters is 1. The number of rotatable bonds is 22. The van der Waals surface area contributed by atoms with Crippen LogP contribution in [-0.2, 0) is 23.8 Å². The lowest BCUT2D eigenvalue weighted by Gasteiger charge is -2.22. The topological polar surface area (TPSA) is 61.8 Å². The van der Waals surface area contributed by atoms with E-state index in [4.69, 9.17) is 14.2 Å². The van der Waals surface area contributed by atoms with Gasteiger partial charge >= 0.3 is 5.97 Å². The van der Waals surface area contributed by atoms with E-state index in [0.717, 1.165) is 12.8 Å². The van der Waals surface area contributed by atoms with Crippen molar-refractivity contribution in [1.82, 2.24) is 0 Å². The Morgan fingerprint density at radius 1 is 0.688 bits per heavy atom. The van der Waals surface area contributed by atoms with E-state index < -0.39 is 12.3 Å². The van der Waals surface area contributed by atoms with Gasteiger partial charge in [-0.05, 0) is 31.6 Å². The molecule has 0 spiro atoms. The van der Waals surface area contributed by atoms with Crippen molar-refractivity contribution >= 4 is 29.1 Å². The van der Waals surface area contributed by atoms with Gasteiger partial charge < -0.3 is 14.2 Å². The average molecular weight is 473 g/mol. The van der Waals surface area contributed by atoms with Crippen LogP contribution in [0.1, 0.15) is 118 Å². The average Bonchev–Trinajstić information content (AvgIpc) is 2.72. The molecule has 5 nitrogen and oxygen atoms in total. The van der Waals surface area contributed by atoms with Gasteiger partial charge in [0.25, 0.3) is 0 Å². The van der Waals surface area contributed by atoms with E-state index in [-0.39, 0.29) is 36.2 Å². The predicted molar refractivity (Wildman–Crippen MR) is 137 cm³/mol. The minimum Gasteiger partial charge on any atom is -0.460 e. The molecule has 0 aromatic carbocycles. The number of carbonyl (C=O) groups is 2. The molecule has 0 rings (SSSR count). The van der Waals surface area contributed by atoms with E-state index in [1.54, 1.807) is 0 Å². The predicted octanol–water partition coefficient (Wildman–Crippen LogP) is 5.68. The fourth-order valence-corrected chi connectivity index (χ4v) is 3.46. The van der Waals surface area contributed by atoms with Crippen molar-refractivity contribution in [2.24, 2.45) is 11.8 Å². The number of ether oxygens (including phenoxy) is 3. The normalized spacial score (nSPS) is 13.8. The summed E-state index contributed by atoms with van der Waals surface area (Å²) in [6.07, 6.45) is 14.2. The number of hydrogen-bond donors (Lipinski definition) is 0. The summed E-state index contributed by atoms with van der Waals surface area (Å²) in [4.78, 5) is 22.8. The molecule has 2 atom stereocenters. The Bertz CT molecular complexity index is 420. The van der Waals surface area contributed by atoms with Crippen LogP contribution in [0, 0.1) is 11.8 Å². The molecule has 6 heteroatoms. The standard InChI is InChI=1S/C26H50O5.Al.3H/c1-6-8-10-12-14-16-22(3)19-30-26(21-29-25(28)18-24(5)27)31-20-23(4)17-15-13-11-9-7-2;;;;/h22-23,26H,6-21H2,1-5H3;;;;. The Kier molecular flexibility index (Phi) is 25.0. The van der Waals surface area contributed by atoms with Gasteiger partial charge in [0.1, 0.15) is 18.8 Å². The fraction of sp³-hybridized carbons (Fsp3) is 0.923. The van der Waals surface area contributed by atoms with Gasteiger partial charge in [-0.2, -0.15) is 0 Å². The van der Waals surface area contributed by atoms with Gasteiger partial charge in [0.05, 0.1) is 13.2 Å². The SMILES string of the molecule is CCCCCCCC(C)COC(COC(=O)CC(C)=O)OCC(C)CCCCCCC.[AlH3]. The third-order valence-corrected chi connectivity index (χ3v) is 5.51. The highest BCUT2D eigenvalue weighted by Gasteiger charge is 2.17. The molecule has 0 saturated carbocycles.